The van der Waals surface area contributed by atoms with Crippen LogP contribution in [0.5, 0.6) is 5.75 Å². The van der Waals surface area contributed by atoms with Crippen molar-refractivity contribution in [2.45, 2.75) is 19.6 Å². The lowest BCUT2D eigenvalue weighted by Gasteiger charge is -2.18. The van der Waals surface area contributed by atoms with Crippen LogP contribution in [-0.4, -0.2) is 8.32 Å². The molecule has 0 atom stereocenters. The Kier molecular flexibility index (Phi) is 3.17. The molecule has 0 bridgehead atoms. The van der Waals surface area contributed by atoms with Gasteiger partial charge in [-0.25, -0.2) is 0 Å². The highest BCUT2D eigenvalue weighted by Crippen LogP contribution is 2.18. The highest BCUT2D eigenvalue weighted by atomic mass is 127. The van der Waals surface area contributed by atoms with Gasteiger partial charge in [0.1, 0.15) is 5.75 Å². The molecule has 66 valence electrons. The topological polar surface area (TPSA) is 9.23 Å². The average Bonchev–Trinajstić information content (AvgIpc) is 1.82. The second kappa shape index (κ2) is 3.78. The maximum Gasteiger partial charge on any atom is 0.242 e. The molecule has 1 rings (SSSR count). The van der Waals surface area contributed by atoms with Gasteiger partial charge in [0.25, 0.3) is 0 Å². The van der Waals surface area contributed by atoms with Crippen molar-refractivity contribution in [1.82, 2.24) is 0 Å². The third-order valence-electron chi connectivity index (χ3n) is 1.22. The summed E-state index contributed by atoms with van der Waals surface area (Å²) in [6.45, 7) is 6.56. The van der Waals surface area contributed by atoms with Crippen LogP contribution >= 0.6 is 22.6 Å². The first-order valence-corrected chi connectivity index (χ1v) is 8.41. The van der Waals surface area contributed by atoms with Gasteiger partial charge in [-0.05, 0) is 60.4 Å². The van der Waals surface area contributed by atoms with Gasteiger partial charge in [-0.15, -0.1) is 0 Å². The van der Waals surface area contributed by atoms with Gasteiger partial charge in [0.2, 0.25) is 8.32 Å². The molecule has 1 nitrogen and oxygen atoms in total. The first-order valence-electron chi connectivity index (χ1n) is 3.92. The number of rotatable bonds is 2. The molecule has 0 saturated heterocycles. The Labute approximate surface area is 88.4 Å². The molecule has 1 aromatic carbocycles. The molecule has 0 aliphatic rings. The summed E-state index contributed by atoms with van der Waals surface area (Å²) in [4.78, 5) is 0. The summed E-state index contributed by atoms with van der Waals surface area (Å²) in [5.41, 5.74) is 0. The van der Waals surface area contributed by atoms with Crippen molar-refractivity contribution in [2.75, 3.05) is 0 Å². The van der Waals surface area contributed by atoms with Gasteiger partial charge in [-0.2, -0.15) is 0 Å². The smallest absolute Gasteiger partial charge is 0.242 e. The standard InChI is InChI=1S/C9H13IOSi/c1-12(2,3)11-9-6-4-5-8(10)7-9/h4-7H,1-3H3. The summed E-state index contributed by atoms with van der Waals surface area (Å²) in [6, 6.07) is 8.17. The van der Waals surface area contributed by atoms with Crippen LogP contribution in [0.3, 0.4) is 0 Å². The fourth-order valence-corrected chi connectivity index (χ4v) is 2.23. The van der Waals surface area contributed by atoms with Crippen molar-refractivity contribution in [1.29, 1.82) is 0 Å². The van der Waals surface area contributed by atoms with Crippen LogP contribution in [0.25, 0.3) is 0 Å². The Morgan fingerprint density at radius 1 is 1.25 bits per heavy atom. The Hall–Kier alpha value is -0.0331. The number of halogens is 1. The third-order valence-corrected chi connectivity index (χ3v) is 2.74. The van der Waals surface area contributed by atoms with Crippen molar-refractivity contribution in [3.8, 4) is 5.75 Å². The summed E-state index contributed by atoms with van der Waals surface area (Å²) in [5.74, 6) is 1.00. The summed E-state index contributed by atoms with van der Waals surface area (Å²) < 4.78 is 7.04. The van der Waals surface area contributed by atoms with E-state index in [0.717, 1.165) is 5.75 Å². The minimum atomic E-state index is -1.42. The zero-order valence-electron chi connectivity index (χ0n) is 7.60. The lowest BCUT2D eigenvalue weighted by molar-refractivity contribution is 0.557. The molecule has 0 aromatic heterocycles. The van der Waals surface area contributed by atoms with Crippen molar-refractivity contribution < 1.29 is 4.43 Å². The lowest BCUT2D eigenvalue weighted by atomic mass is 10.3. The summed E-state index contributed by atoms with van der Waals surface area (Å²) >= 11 is 2.29. The van der Waals surface area contributed by atoms with Gasteiger partial charge < -0.3 is 4.43 Å². The normalized spacial score (nSPS) is 11.3. The number of hydrogen-bond acceptors (Lipinski definition) is 1. The average molecular weight is 292 g/mol. The molecule has 0 radical (unpaired) electrons. The zero-order chi connectivity index (χ0) is 9.19. The Balaban J connectivity index is 2.77. The van der Waals surface area contributed by atoms with Crippen LogP contribution < -0.4 is 4.43 Å². The quantitative estimate of drug-likeness (QED) is 0.599. The Bertz CT molecular complexity index is 267. The van der Waals surface area contributed by atoms with E-state index in [-0.39, 0.29) is 0 Å². The van der Waals surface area contributed by atoms with Gasteiger partial charge in [0.15, 0.2) is 0 Å². The second-order valence-electron chi connectivity index (χ2n) is 3.67. The molecular weight excluding hydrogens is 279 g/mol. The molecule has 1 aromatic rings. The predicted octanol–water partition coefficient (Wildman–Crippen LogP) is 3.50. The number of benzene rings is 1. The van der Waals surface area contributed by atoms with E-state index in [1.807, 2.05) is 12.1 Å². The maximum atomic E-state index is 5.82. The Morgan fingerprint density at radius 2 is 1.92 bits per heavy atom. The molecule has 0 heterocycles. The zero-order valence-corrected chi connectivity index (χ0v) is 10.8. The molecule has 0 saturated carbocycles. The molecule has 0 N–H and O–H groups in total. The molecule has 0 aliphatic heterocycles. The van der Waals surface area contributed by atoms with Crippen LogP contribution in [0.2, 0.25) is 19.6 Å². The van der Waals surface area contributed by atoms with Gasteiger partial charge in [-0.1, -0.05) is 6.07 Å². The van der Waals surface area contributed by atoms with Crippen molar-refractivity contribution in [3.63, 3.8) is 0 Å². The SMILES string of the molecule is C[Si](C)(C)Oc1cccc(I)c1. The first kappa shape index (κ1) is 10.1. The van der Waals surface area contributed by atoms with E-state index in [0.29, 0.717) is 0 Å². The van der Waals surface area contributed by atoms with Crippen molar-refractivity contribution in [3.05, 3.63) is 27.8 Å². The van der Waals surface area contributed by atoms with Crippen LogP contribution in [0.15, 0.2) is 24.3 Å². The molecule has 0 amide bonds. The fraction of sp³-hybridized carbons (Fsp3) is 0.333. The molecule has 3 heteroatoms. The maximum absolute atomic E-state index is 5.82. The van der Waals surface area contributed by atoms with E-state index in [4.69, 9.17) is 4.43 Å². The summed E-state index contributed by atoms with van der Waals surface area (Å²) in [6.07, 6.45) is 0. The van der Waals surface area contributed by atoms with E-state index in [2.05, 4.69) is 54.4 Å². The van der Waals surface area contributed by atoms with Crippen molar-refractivity contribution in [2.24, 2.45) is 0 Å². The minimum Gasteiger partial charge on any atom is -0.544 e. The highest BCUT2D eigenvalue weighted by molar-refractivity contribution is 14.1. The van der Waals surface area contributed by atoms with E-state index in [1.165, 1.54) is 3.57 Å². The van der Waals surface area contributed by atoms with Crippen LogP contribution in [0, 0.1) is 3.57 Å². The molecular formula is C9H13IOSi. The van der Waals surface area contributed by atoms with Gasteiger partial charge in [0.05, 0.1) is 0 Å². The van der Waals surface area contributed by atoms with Gasteiger partial charge in [-0.3, -0.25) is 0 Å². The van der Waals surface area contributed by atoms with E-state index in [1.54, 1.807) is 0 Å². The monoisotopic (exact) mass is 292 g/mol. The van der Waals surface area contributed by atoms with Crippen LogP contribution in [-0.2, 0) is 0 Å². The van der Waals surface area contributed by atoms with Crippen LogP contribution in [0.4, 0.5) is 0 Å². The largest absolute Gasteiger partial charge is 0.544 e. The van der Waals surface area contributed by atoms with E-state index in [9.17, 15) is 0 Å². The molecule has 12 heavy (non-hydrogen) atoms. The van der Waals surface area contributed by atoms with Gasteiger partial charge in [0, 0.05) is 3.57 Å². The molecule has 0 spiro atoms. The fourth-order valence-electron chi connectivity index (χ4n) is 0.884. The van der Waals surface area contributed by atoms with E-state index >= 15 is 0 Å². The lowest BCUT2D eigenvalue weighted by Crippen LogP contribution is -2.29. The molecule has 0 aliphatic carbocycles. The molecule has 0 fully saturated rings. The Morgan fingerprint density at radius 3 is 2.42 bits per heavy atom. The van der Waals surface area contributed by atoms with Crippen molar-refractivity contribution >= 4 is 30.9 Å². The summed E-state index contributed by atoms with van der Waals surface area (Å²) in [5, 5.41) is 0. The minimum absolute atomic E-state index is 1.00. The van der Waals surface area contributed by atoms with Gasteiger partial charge >= 0.3 is 0 Å². The highest BCUT2D eigenvalue weighted by Gasteiger charge is 2.15. The first-order chi connectivity index (χ1) is 5.47. The second-order valence-corrected chi connectivity index (χ2v) is 9.35. The predicted molar refractivity (Wildman–Crippen MR) is 63.1 cm³/mol. The summed E-state index contributed by atoms with van der Waals surface area (Å²) in [7, 11) is -1.42. The van der Waals surface area contributed by atoms with Crippen LogP contribution in [0.1, 0.15) is 0 Å². The number of hydrogen-bond donors (Lipinski definition) is 0. The molecule has 0 unspecified atom stereocenters. The third kappa shape index (κ3) is 3.58. The van der Waals surface area contributed by atoms with E-state index < -0.39 is 8.32 Å².